The molecule has 0 radical (unpaired) electrons. The molecule has 1 aromatic heterocycles. The van der Waals surface area contributed by atoms with E-state index in [9.17, 15) is 9.59 Å². The molecule has 0 aliphatic heterocycles. The Labute approximate surface area is 170 Å². The second-order valence-corrected chi connectivity index (χ2v) is 8.58. The van der Waals surface area contributed by atoms with Crippen LogP contribution in [0.1, 0.15) is 57.8 Å². The normalized spacial score (nSPS) is 23.9. The minimum absolute atomic E-state index is 0.0201. The third-order valence-corrected chi connectivity index (χ3v) is 5.67. The maximum absolute atomic E-state index is 12.6. The van der Waals surface area contributed by atoms with Gasteiger partial charge in [-0.3, -0.25) is 9.59 Å². The van der Waals surface area contributed by atoms with Crippen molar-refractivity contribution in [2.24, 2.45) is 11.8 Å². The number of amides is 2. The zero-order valence-electron chi connectivity index (χ0n) is 16.9. The van der Waals surface area contributed by atoms with Gasteiger partial charge in [-0.15, -0.1) is 0 Å². The van der Waals surface area contributed by atoms with E-state index in [1.807, 2.05) is 44.2 Å². The van der Waals surface area contributed by atoms with E-state index in [4.69, 9.17) is 4.52 Å². The fraction of sp³-hybridized carbons (Fsp3) is 0.545. The smallest absolute Gasteiger partial charge is 0.232 e. The summed E-state index contributed by atoms with van der Waals surface area (Å²) in [6, 6.07) is 9.55. The van der Waals surface area contributed by atoms with E-state index < -0.39 is 0 Å². The predicted octanol–water partition coefficient (Wildman–Crippen LogP) is 3.04. The first-order chi connectivity index (χ1) is 14.0. The van der Waals surface area contributed by atoms with Gasteiger partial charge in [0.2, 0.25) is 23.5 Å². The fourth-order valence-electron chi connectivity index (χ4n) is 4.03. The number of rotatable bonds is 7. The van der Waals surface area contributed by atoms with E-state index in [0.717, 1.165) is 18.4 Å². The van der Waals surface area contributed by atoms with Crippen LogP contribution in [0.2, 0.25) is 0 Å². The summed E-state index contributed by atoms with van der Waals surface area (Å²) in [6.07, 6.45) is 3.99. The SMILES string of the molecule is CC(C)NC(=O)[C@H]1C[C@H](NC(=O)CC2CC2)[C@H](c2nc(-c3ccccc3)no2)C1. The van der Waals surface area contributed by atoms with E-state index >= 15 is 0 Å². The van der Waals surface area contributed by atoms with Gasteiger partial charge in [-0.05, 0) is 45.4 Å². The average molecular weight is 396 g/mol. The van der Waals surface area contributed by atoms with Crippen molar-refractivity contribution in [2.45, 2.75) is 64.0 Å². The molecular weight excluding hydrogens is 368 g/mol. The van der Waals surface area contributed by atoms with Gasteiger partial charge in [-0.2, -0.15) is 4.98 Å². The molecule has 154 valence electrons. The van der Waals surface area contributed by atoms with Gasteiger partial charge in [0.05, 0.1) is 5.92 Å². The largest absolute Gasteiger partial charge is 0.354 e. The van der Waals surface area contributed by atoms with E-state index in [0.29, 0.717) is 36.9 Å². The molecule has 7 heteroatoms. The van der Waals surface area contributed by atoms with Crippen LogP contribution in [0.15, 0.2) is 34.9 Å². The molecule has 2 saturated carbocycles. The Morgan fingerprint density at radius 2 is 1.93 bits per heavy atom. The summed E-state index contributed by atoms with van der Waals surface area (Å²) in [4.78, 5) is 29.6. The summed E-state index contributed by atoms with van der Waals surface area (Å²) in [6.45, 7) is 3.90. The highest BCUT2D eigenvalue weighted by Gasteiger charge is 2.42. The lowest BCUT2D eigenvalue weighted by Crippen LogP contribution is -2.38. The van der Waals surface area contributed by atoms with Crippen molar-refractivity contribution in [3.63, 3.8) is 0 Å². The Morgan fingerprint density at radius 3 is 2.62 bits per heavy atom. The van der Waals surface area contributed by atoms with Crippen molar-refractivity contribution in [3.05, 3.63) is 36.2 Å². The highest BCUT2D eigenvalue weighted by atomic mass is 16.5. The molecule has 4 rings (SSSR count). The van der Waals surface area contributed by atoms with Crippen molar-refractivity contribution < 1.29 is 14.1 Å². The van der Waals surface area contributed by atoms with Crippen molar-refractivity contribution in [2.75, 3.05) is 0 Å². The minimum Gasteiger partial charge on any atom is -0.354 e. The van der Waals surface area contributed by atoms with Crippen molar-refractivity contribution in [1.29, 1.82) is 0 Å². The Hall–Kier alpha value is -2.70. The second kappa shape index (κ2) is 8.35. The summed E-state index contributed by atoms with van der Waals surface area (Å²) in [5.74, 6) is 1.26. The molecule has 0 saturated heterocycles. The average Bonchev–Trinajstić information content (AvgIpc) is 3.19. The molecule has 2 amide bonds. The highest BCUT2D eigenvalue weighted by molar-refractivity contribution is 5.80. The lowest BCUT2D eigenvalue weighted by atomic mass is 10.0. The Kier molecular flexibility index (Phi) is 5.65. The molecule has 2 aromatic rings. The van der Waals surface area contributed by atoms with Crippen LogP contribution in [0.3, 0.4) is 0 Å². The molecule has 0 bridgehead atoms. The van der Waals surface area contributed by atoms with Crippen LogP contribution in [0.25, 0.3) is 11.4 Å². The number of hydrogen-bond acceptors (Lipinski definition) is 5. The summed E-state index contributed by atoms with van der Waals surface area (Å²) < 4.78 is 5.57. The van der Waals surface area contributed by atoms with E-state index in [-0.39, 0.29) is 35.7 Å². The van der Waals surface area contributed by atoms with Crippen molar-refractivity contribution in [3.8, 4) is 11.4 Å². The first-order valence-electron chi connectivity index (χ1n) is 10.5. The van der Waals surface area contributed by atoms with Gasteiger partial charge >= 0.3 is 0 Å². The molecule has 29 heavy (non-hydrogen) atoms. The van der Waals surface area contributed by atoms with Crippen LogP contribution < -0.4 is 10.6 Å². The van der Waals surface area contributed by atoms with Gasteiger partial charge in [0.25, 0.3) is 0 Å². The molecule has 1 heterocycles. The Bertz CT molecular complexity index is 860. The van der Waals surface area contributed by atoms with Gasteiger partial charge in [-0.25, -0.2) is 0 Å². The molecule has 3 atom stereocenters. The predicted molar refractivity (Wildman–Crippen MR) is 108 cm³/mol. The van der Waals surface area contributed by atoms with Gasteiger partial charge in [-0.1, -0.05) is 35.5 Å². The summed E-state index contributed by atoms with van der Waals surface area (Å²) in [7, 11) is 0. The van der Waals surface area contributed by atoms with E-state index in [1.165, 1.54) is 0 Å². The van der Waals surface area contributed by atoms with Crippen LogP contribution in [0.5, 0.6) is 0 Å². The van der Waals surface area contributed by atoms with Crippen LogP contribution in [-0.2, 0) is 9.59 Å². The number of aromatic nitrogens is 2. The quantitative estimate of drug-likeness (QED) is 0.750. The minimum atomic E-state index is -0.180. The molecule has 2 aliphatic rings. The van der Waals surface area contributed by atoms with E-state index in [1.54, 1.807) is 0 Å². The first kappa shape index (κ1) is 19.6. The monoisotopic (exact) mass is 396 g/mol. The van der Waals surface area contributed by atoms with Crippen LogP contribution >= 0.6 is 0 Å². The zero-order valence-corrected chi connectivity index (χ0v) is 16.9. The third-order valence-electron chi connectivity index (χ3n) is 5.67. The van der Waals surface area contributed by atoms with E-state index in [2.05, 4.69) is 20.8 Å². The van der Waals surface area contributed by atoms with Crippen molar-refractivity contribution in [1.82, 2.24) is 20.8 Å². The molecule has 2 fully saturated rings. The second-order valence-electron chi connectivity index (χ2n) is 8.58. The summed E-state index contributed by atoms with van der Waals surface area (Å²) in [5, 5.41) is 10.2. The van der Waals surface area contributed by atoms with Crippen molar-refractivity contribution >= 4 is 11.8 Å². The molecule has 0 unspecified atom stereocenters. The lowest BCUT2D eigenvalue weighted by molar-refractivity contribution is -0.126. The van der Waals surface area contributed by atoms with Crippen LogP contribution in [-0.4, -0.2) is 34.0 Å². The topological polar surface area (TPSA) is 97.1 Å². The van der Waals surface area contributed by atoms with Crippen LogP contribution in [0.4, 0.5) is 0 Å². The number of hydrogen-bond donors (Lipinski definition) is 2. The summed E-state index contributed by atoms with van der Waals surface area (Å²) in [5.41, 5.74) is 0.879. The number of nitrogens with zero attached hydrogens (tertiary/aromatic N) is 2. The highest BCUT2D eigenvalue weighted by Crippen LogP contribution is 2.39. The van der Waals surface area contributed by atoms with Gasteiger partial charge in [0, 0.05) is 30.0 Å². The van der Waals surface area contributed by atoms with Crippen LogP contribution in [0, 0.1) is 11.8 Å². The maximum Gasteiger partial charge on any atom is 0.232 e. The maximum atomic E-state index is 12.6. The molecule has 1 aromatic carbocycles. The Balaban J connectivity index is 1.51. The molecule has 7 nitrogen and oxygen atoms in total. The molecule has 2 N–H and O–H groups in total. The zero-order chi connectivity index (χ0) is 20.4. The van der Waals surface area contributed by atoms with Gasteiger partial charge in [0.1, 0.15) is 0 Å². The standard InChI is InChI=1S/C22H28N4O3/c1-13(2)23-21(28)16-11-17(18(12-16)24-19(27)10-14-8-9-14)22-25-20(26-29-22)15-6-4-3-5-7-15/h3-7,13-14,16-18H,8-12H2,1-2H3,(H,23,28)(H,24,27)/t16-,17-,18+/m1/s1. The van der Waals surface area contributed by atoms with Gasteiger partial charge < -0.3 is 15.2 Å². The Morgan fingerprint density at radius 1 is 1.17 bits per heavy atom. The lowest BCUT2D eigenvalue weighted by Gasteiger charge is -2.18. The number of benzene rings is 1. The third kappa shape index (κ3) is 4.83. The number of nitrogens with one attached hydrogen (secondary N) is 2. The van der Waals surface area contributed by atoms with Gasteiger partial charge in [0.15, 0.2) is 0 Å². The summed E-state index contributed by atoms with van der Waals surface area (Å²) >= 11 is 0. The first-order valence-corrected chi connectivity index (χ1v) is 10.5. The molecule has 0 spiro atoms. The number of carbonyl (C=O) groups excluding carboxylic acids is 2. The fourth-order valence-corrected chi connectivity index (χ4v) is 4.03. The number of carbonyl (C=O) groups is 2. The molecular formula is C22H28N4O3. The molecule has 2 aliphatic carbocycles.